The molecular weight excluding hydrogens is 924 g/mol. The number of carbonyl (C=O) groups excluding carboxylic acids is 7. The Kier molecular flexibility index (Phi) is 20.8. The molecule has 0 aliphatic carbocycles. The fourth-order valence-electron chi connectivity index (χ4n) is 7.85. The molecule has 1 saturated heterocycles. The molecule has 1 unspecified atom stereocenters. The Hall–Kier alpha value is -6.01. The van der Waals surface area contributed by atoms with E-state index in [4.69, 9.17) is 30.9 Å². The topological polar surface area (TPSA) is 260 Å². The number of methoxy groups -OCH3 is 1. The van der Waals surface area contributed by atoms with Gasteiger partial charge in [-0.05, 0) is 87.3 Å². The molecule has 19 heteroatoms. The first-order valence-electron chi connectivity index (χ1n) is 23.9. The Labute approximate surface area is 415 Å². The number of halogens is 1. The quantitative estimate of drug-likeness (QED) is 0.0753. The Morgan fingerprint density at radius 3 is 2.17 bits per heavy atom. The number of hydrogen-bond donors (Lipinski definition) is 7. The summed E-state index contributed by atoms with van der Waals surface area (Å²) in [5, 5.41) is 25.9. The minimum atomic E-state index is -1.20. The van der Waals surface area contributed by atoms with Crippen LogP contribution < -0.4 is 36.6 Å². The van der Waals surface area contributed by atoms with Crippen LogP contribution in [0, 0.1) is 23.2 Å². The maximum atomic E-state index is 14.0. The van der Waals surface area contributed by atoms with Crippen LogP contribution in [-0.4, -0.2) is 102 Å². The van der Waals surface area contributed by atoms with Gasteiger partial charge in [0.2, 0.25) is 35.4 Å². The zero-order valence-electron chi connectivity index (χ0n) is 41.8. The van der Waals surface area contributed by atoms with Crippen molar-refractivity contribution < 1.29 is 57.7 Å². The molecule has 0 spiro atoms. The second-order valence-corrected chi connectivity index (χ2v) is 20.0. The van der Waals surface area contributed by atoms with Gasteiger partial charge in [0.15, 0.2) is 0 Å². The van der Waals surface area contributed by atoms with Gasteiger partial charge in [-0.15, -0.1) is 0 Å². The second-order valence-electron chi connectivity index (χ2n) is 19.6. The molecule has 1 fully saturated rings. The Bertz CT molecular complexity index is 2230. The summed E-state index contributed by atoms with van der Waals surface area (Å²) in [6.45, 7) is 15.9. The van der Waals surface area contributed by atoms with Gasteiger partial charge in [0.05, 0.1) is 23.7 Å². The number of carboxylic acid groups (broad SMARTS) is 1. The van der Waals surface area contributed by atoms with Crippen LogP contribution in [0.1, 0.15) is 117 Å². The van der Waals surface area contributed by atoms with Crippen LogP contribution in [0.3, 0.4) is 0 Å². The van der Waals surface area contributed by atoms with E-state index in [1.807, 2.05) is 45.0 Å². The first-order chi connectivity index (χ1) is 32.9. The minimum Gasteiger partial charge on any atom is -0.495 e. The fourth-order valence-corrected chi connectivity index (χ4v) is 8.13. The van der Waals surface area contributed by atoms with Crippen molar-refractivity contribution in [1.82, 2.24) is 31.9 Å². The van der Waals surface area contributed by atoms with Gasteiger partial charge in [-0.1, -0.05) is 82.6 Å². The van der Waals surface area contributed by atoms with Crippen LogP contribution in [0.4, 0.5) is 0 Å². The molecule has 2 aromatic rings. The number of amides is 6. The van der Waals surface area contributed by atoms with E-state index in [1.165, 1.54) is 20.1 Å². The van der Waals surface area contributed by atoms with E-state index < -0.39 is 89.1 Å². The molecule has 2 aliphatic heterocycles. The minimum absolute atomic E-state index is 0.000265. The van der Waals surface area contributed by atoms with Crippen LogP contribution in [0.25, 0.3) is 0 Å². The third-order valence-corrected chi connectivity index (χ3v) is 13.0. The molecule has 0 aromatic heterocycles. The average Bonchev–Trinajstić information content (AvgIpc) is 4.09. The van der Waals surface area contributed by atoms with Crippen molar-refractivity contribution in [3.8, 4) is 5.75 Å². The van der Waals surface area contributed by atoms with Gasteiger partial charge in [-0.3, -0.25) is 33.6 Å². The lowest BCUT2D eigenvalue weighted by atomic mass is 9.83. The number of esters is 1. The van der Waals surface area contributed by atoms with Crippen molar-refractivity contribution in [3.63, 3.8) is 0 Å². The van der Waals surface area contributed by atoms with Gasteiger partial charge in [-0.2, -0.15) is 0 Å². The number of carboxylic acids is 1. The molecule has 2 aromatic carbocycles. The SMILES string of the molecule is COc1ccc(C[C@H]2NC(=O)/C=C\C[C@@H]([C@H](C)[C@H]3O[C@@H]3c3ccc(CNC(=O)[C@H](C)NC(=O)[C@@H](NC(=O)CCCC(=O)O)C(C)C)cc3)OC(=O)[C@H](CC(C)C)NC(=O)C(C)(C)C(C)NC2=O)cc1Cl. The van der Waals surface area contributed by atoms with Crippen molar-refractivity contribution in [2.45, 2.75) is 156 Å². The summed E-state index contributed by atoms with van der Waals surface area (Å²) >= 11 is 6.39. The summed E-state index contributed by atoms with van der Waals surface area (Å²) in [7, 11) is 1.49. The highest BCUT2D eigenvalue weighted by atomic mass is 35.5. The number of nitrogens with one attached hydrogen (secondary N) is 6. The van der Waals surface area contributed by atoms with Crippen LogP contribution >= 0.6 is 11.6 Å². The van der Waals surface area contributed by atoms with Gasteiger partial charge in [0, 0.05) is 44.2 Å². The van der Waals surface area contributed by atoms with Gasteiger partial charge in [0.25, 0.3) is 0 Å². The first-order valence-corrected chi connectivity index (χ1v) is 24.2. The first kappa shape index (κ1) is 56.6. The highest BCUT2D eigenvalue weighted by Crippen LogP contribution is 2.45. The van der Waals surface area contributed by atoms with Crippen molar-refractivity contribution in [3.05, 3.63) is 76.3 Å². The van der Waals surface area contributed by atoms with Gasteiger partial charge < -0.3 is 51.2 Å². The van der Waals surface area contributed by atoms with Crippen LogP contribution in [0.5, 0.6) is 5.75 Å². The van der Waals surface area contributed by atoms with Gasteiger partial charge >= 0.3 is 11.9 Å². The van der Waals surface area contributed by atoms with Crippen molar-refractivity contribution in [2.24, 2.45) is 23.2 Å². The molecule has 0 saturated carbocycles. The van der Waals surface area contributed by atoms with Crippen molar-refractivity contribution in [1.29, 1.82) is 0 Å². The average molecular weight is 996 g/mol. The molecule has 0 radical (unpaired) electrons. The Morgan fingerprint density at radius 1 is 0.886 bits per heavy atom. The predicted molar refractivity (Wildman–Crippen MR) is 261 cm³/mol. The highest BCUT2D eigenvalue weighted by molar-refractivity contribution is 6.32. The normalized spacial score (nSPS) is 23.6. The molecule has 2 aliphatic rings. The summed E-state index contributed by atoms with van der Waals surface area (Å²) in [6, 6.07) is 7.86. The van der Waals surface area contributed by atoms with Crippen molar-refractivity contribution >= 4 is 59.0 Å². The van der Waals surface area contributed by atoms with E-state index in [0.717, 1.165) is 11.1 Å². The monoisotopic (exact) mass is 994 g/mol. The zero-order chi connectivity index (χ0) is 52.0. The van der Waals surface area contributed by atoms with E-state index in [9.17, 15) is 38.4 Å². The van der Waals surface area contributed by atoms with Crippen LogP contribution in [0.15, 0.2) is 54.6 Å². The molecular formula is C51H71ClN6O12. The van der Waals surface area contributed by atoms with E-state index in [2.05, 4.69) is 31.9 Å². The standard InChI is InChI=1S/C51H71ClN6O12/c1-27(2)23-37-49(66)69-38(13-11-14-40(59)56-36(25-33-19-22-39(68-10)35(52)24-33)47(64)55-31(7)51(8,9)50(67)57-37)29(5)44-45(70-44)34-20-17-32(18-21-34)26-53-46(63)30(6)54-48(65)43(28(3)4)58-41(60)15-12-16-42(61)62/h11,14,17-22,24,27-31,36-38,43-45H,12-13,15-16,23,25-26H2,1-10H3,(H,53,63)(H,54,65)(H,55,64)(H,56,59)(H,57,67)(H,58,60)(H,61,62)/b14-11-/t29-,30-,31?,36+,37-,38-,43-,44+,45+/m0/s1. The fraction of sp³-hybridized carbons (Fsp3) is 0.569. The summed E-state index contributed by atoms with van der Waals surface area (Å²) in [4.78, 5) is 105. The summed E-state index contributed by atoms with van der Waals surface area (Å²) in [5.41, 5.74) is 1.07. The van der Waals surface area contributed by atoms with E-state index in [1.54, 1.807) is 58.9 Å². The van der Waals surface area contributed by atoms with E-state index in [-0.39, 0.29) is 75.0 Å². The van der Waals surface area contributed by atoms with Crippen molar-refractivity contribution in [2.75, 3.05) is 7.11 Å². The third kappa shape index (κ3) is 16.6. The molecule has 384 valence electrons. The maximum absolute atomic E-state index is 14.0. The number of cyclic esters (lactones) is 1. The molecule has 2 heterocycles. The summed E-state index contributed by atoms with van der Waals surface area (Å²) < 4.78 is 17.7. The molecule has 18 nitrogen and oxygen atoms in total. The molecule has 6 amide bonds. The number of ether oxygens (including phenoxy) is 3. The smallest absolute Gasteiger partial charge is 0.328 e. The lowest BCUT2D eigenvalue weighted by Gasteiger charge is -2.34. The highest BCUT2D eigenvalue weighted by Gasteiger charge is 2.48. The Morgan fingerprint density at radius 2 is 1.56 bits per heavy atom. The van der Waals surface area contributed by atoms with E-state index in [0.29, 0.717) is 16.3 Å². The molecule has 4 rings (SSSR count). The largest absolute Gasteiger partial charge is 0.495 e. The third-order valence-electron chi connectivity index (χ3n) is 12.7. The second kappa shape index (κ2) is 25.7. The number of hydrogen-bond acceptors (Lipinski definition) is 11. The summed E-state index contributed by atoms with van der Waals surface area (Å²) in [6.07, 6.45) is 1.76. The predicted octanol–water partition coefficient (Wildman–Crippen LogP) is 4.60. The molecule has 9 atom stereocenters. The maximum Gasteiger partial charge on any atom is 0.328 e. The van der Waals surface area contributed by atoms with E-state index >= 15 is 0 Å². The molecule has 0 bridgehead atoms. The molecule has 70 heavy (non-hydrogen) atoms. The Balaban J connectivity index is 1.45. The van der Waals surface area contributed by atoms with Crippen LogP contribution in [-0.2, 0) is 60.8 Å². The van der Waals surface area contributed by atoms with Gasteiger partial charge in [0.1, 0.15) is 42.1 Å². The number of aliphatic carboxylic acids is 1. The van der Waals surface area contributed by atoms with Crippen LogP contribution in [0.2, 0.25) is 5.02 Å². The lowest BCUT2D eigenvalue weighted by molar-refractivity contribution is -0.157. The zero-order valence-corrected chi connectivity index (χ0v) is 42.6. The molecule has 7 N–H and O–H groups in total. The number of rotatable bonds is 19. The number of carbonyl (C=O) groups is 8. The number of benzene rings is 2. The lowest BCUT2D eigenvalue weighted by Crippen LogP contribution is -2.58. The number of epoxide rings is 1. The summed E-state index contributed by atoms with van der Waals surface area (Å²) in [5.74, 6) is -4.86. The van der Waals surface area contributed by atoms with Gasteiger partial charge in [-0.25, -0.2) is 4.79 Å².